The van der Waals surface area contributed by atoms with Crippen molar-refractivity contribution in [3.05, 3.63) is 0 Å². The Labute approximate surface area is 147 Å². The van der Waals surface area contributed by atoms with Gasteiger partial charge in [0.15, 0.2) is 5.96 Å². The molecule has 2 atom stereocenters. The number of nitrogens with one attached hydrogen (secondary N) is 1. The monoisotopic (exact) mass is 337 g/mol. The van der Waals surface area contributed by atoms with Crippen LogP contribution in [0.2, 0.25) is 0 Å². The first-order valence-electron chi connectivity index (χ1n) is 10.0. The highest BCUT2D eigenvalue weighted by molar-refractivity contribution is 5.80. The van der Waals surface area contributed by atoms with Gasteiger partial charge in [0.25, 0.3) is 0 Å². The van der Waals surface area contributed by atoms with E-state index in [-0.39, 0.29) is 12.2 Å². The summed E-state index contributed by atoms with van der Waals surface area (Å²) in [7, 11) is 0. The molecule has 0 aromatic rings. The first-order valence-corrected chi connectivity index (χ1v) is 10.0. The van der Waals surface area contributed by atoms with Crippen molar-refractivity contribution in [3.63, 3.8) is 0 Å². The molecule has 0 radical (unpaired) electrons. The molecule has 5 nitrogen and oxygen atoms in total. The molecule has 1 aliphatic carbocycles. The van der Waals surface area contributed by atoms with E-state index in [0.717, 1.165) is 58.2 Å². The standard InChI is InChI=1S/C19H35N3O2/c1-3-19(9-5-6-10-19)15-21-18(20-4-2)22-11-13-24-17(14-22)16-8-7-12-23-16/h16-17H,3-15H2,1-2H3,(H,20,21). The van der Waals surface area contributed by atoms with E-state index >= 15 is 0 Å². The molecule has 138 valence electrons. The Morgan fingerprint density at radius 2 is 1.92 bits per heavy atom. The van der Waals surface area contributed by atoms with Gasteiger partial charge in [-0.05, 0) is 44.4 Å². The molecule has 0 spiro atoms. The van der Waals surface area contributed by atoms with Crippen molar-refractivity contribution in [2.75, 3.05) is 39.4 Å². The number of morpholine rings is 1. The molecule has 1 N–H and O–H groups in total. The number of hydrogen-bond donors (Lipinski definition) is 1. The van der Waals surface area contributed by atoms with Crippen LogP contribution < -0.4 is 5.32 Å². The molecular weight excluding hydrogens is 302 g/mol. The van der Waals surface area contributed by atoms with Crippen LogP contribution in [-0.2, 0) is 9.47 Å². The summed E-state index contributed by atoms with van der Waals surface area (Å²) in [4.78, 5) is 7.44. The lowest BCUT2D eigenvalue weighted by molar-refractivity contribution is -0.0817. The molecule has 0 amide bonds. The number of hydrogen-bond acceptors (Lipinski definition) is 3. The van der Waals surface area contributed by atoms with Crippen molar-refractivity contribution in [1.29, 1.82) is 0 Å². The Morgan fingerprint density at radius 3 is 2.58 bits per heavy atom. The molecule has 5 heteroatoms. The van der Waals surface area contributed by atoms with Crippen LogP contribution in [0.15, 0.2) is 4.99 Å². The fourth-order valence-electron chi connectivity index (χ4n) is 4.41. The van der Waals surface area contributed by atoms with Gasteiger partial charge in [-0.15, -0.1) is 0 Å². The summed E-state index contributed by atoms with van der Waals surface area (Å²) in [5.41, 5.74) is 0.445. The topological polar surface area (TPSA) is 46.1 Å². The van der Waals surface area contributed by atoms with Crippen molar-refractivity contribution < 1.29 is 9.47 Å². The van der Waals surface area contributed by atoms with Gasteiger partial charge < -0.3 is 19.7 Å². The molecular formula is C19H35N3O2. The predicted octanol–water partition coefficient (Wildman–Crippen LogP) is 2.80. The van der Waals surface area contributed by atoms with Crippen LogP contribution in [0.1, 0.15) is 58.8 Å². The van der Waals surface area contributed by atoms with E-state index in [0.29, 0.717) is 5.41 Å². The molecule has 3 fully saturated rings. The van der Waals surface area contributed by atoms with Gasteiger partial charge in [0, 0.05) is 32.8 Å². The Kier molecular flexibility index (Phi) is 6.39. The first-order chi connectivity index (χ1) is 11.8. The second kappa shape index (κ2) is 8.52. The van der Waals surface area contributed by atoms with E-state index in [9.17, 15) is 0 Å². The normalized spacial score (nSPS) is 30.8. The third-order valence-electron chi connectivity index (χ3n) is 6.09. The predicted molar refractivity (Wildman–Crippen MR) is 97.5 cm³/mol. The van der Waals surface area contributed by atoms with Gasteiger partial charge in [-0.25, -0.2) is 0 Å². The van der Waals surface area contributed by atoms with Crippen LogP contribution in [0.4, 0.5) is 0 Å². The van der Waals surface area contributed by atoms with Crippen molar-refractivity contribution >= 4 is 5.96 Å². The number of rotatable bonds is 5. The average Bonchev–Trinajstić information content (AvgIpc) is 3.31. The molecule has 2 aliphatic heterocycles. The minimum Gasteiger partial charge on any atom is -0.375 e. The van der Waals surface area contributed by atoms with Crippen molar-refractivity contribution in [2.24, 2.45) is 10.4 Å². The Morgan fingerprint density at radius 1 is 1.12 bits per heavy atom. The second-order valence-electron chi connectivity index (χ2n) is 7.64. The molecule has 2 unspecified atom stereocenters. The van der Waals surface area contributed by atoms with E-state index in [4.69, 9.17) is 14.5 Å². The summed E-state index contributed by atoms with van der Waals surface area (Å²) in [6.45, 7) is 9.84. The maximum atomic E-state index is 5.99. The van der Waals surface area contributed by atoms with Crippen LogP contribution >= 0.6 is 0 Å². The smallest absolute Gasteiger partial charge is 0.194 e. The van der Waals surface area contributed by atoms with Crippen LogP contribution in [0.3, 0.4) is 0 Å². The minimum atomic E-state index is 0.191. The quantitative estimate of drug-likeness (QED) is 0.619. The van der Waals surface area contributed by atoms with E-state index in [1.807, 2.05) is 0 Å². The highest BCUT2D eigenvalue weighted by Crippen LogP contribution is 2.41. The zero-order chi connectivity index (χ0) is 16.8. The van der Waals surface area contributed by atoms with E-state index in [1.54, 1.807) is 0 Å². The average molecular weight is 338 g/mol. The number of nitrogens with zero attached hydrogens (tertiary/aromatic N) is 2. The summed E-state index contributed by atoms with van der Waals surface area (Å²) in [5.74, 6) is 1.07. The molecule has 2 heterocycles. The fourth-order valence-corrected chi connectivity index (χ4v) is 4.41. The molecule has 2 saturated heterocycles. The molecule has 24 heavy (non-hydrogen) atoms. The summed E-state index contributed by atoms with van der Waals surface area (Å²) >= 11 is 0. The third-order valence-corrected chi connectivity index (χ3v) is 6.09. The van der Waals surface area contributed by atoms with Crippen LogP contribution in [-0.4, -0.2) is 62.5 Å². The molecule has 1 saturated carbocycles. The van der Waals surface area contributed by atoms with Gasteiger partial charge in [-0.1, -0.05) is 19.8 Å². The fraction of sp³-hybridized carbons (Fsp3) is 0.947. The summed E-state index contributed by atoms with van der Waals surface area (Å²) in [6.07, 6.45) is 9.43. The minimum absolute atomic E-state index is 0.191. The van der Waals surface area contributed by atoms with Gasteiger partial charge >= 0.3 is 0 Å². The highest BCUT2D eigenvalue weighted by Gasteiger charge is 2.34. The molecule has 0 aromatic heterocycles. The number of guanidine groups is 1. The van der Waals surface area contributed by atoms with Crippen molar-refractivity contribution in [2.45, 2.75) is 71.0 Å². The van der Waals surface area contributed by atoms with Crippen molar-refractivity contribution in [3.8, 4) is 0 Å². The van der Waals surface area contributed by atoms with E-state index < -0.39 is 0 Å². The number of ether oxygens (including phenoxy) is 2. The third kappa shape index (κ3) is 4.23. The molecule has 3 rings (SSSR count). The highest BCUT2D eigenvalue weighted by atomic mass is 16.5. The summed E-state index contributed by atoms with van der Waals surface area (Å²) in [5, 5.41) is 3.51. The Bertz CT molecular complexity index is 415. The first kappa shape index (κ1) is 18.0. The van der Waals surface area contributed by atoms with E-state index in [2.05, 4.69) is 24.1 Å². The lowest BCUT2D eigenvalue weighted by Gasteiger charge is -2.37. The maximum absolute atomic E-state index is 5.99. The van der Waals surface area contributed by atoms with Gasteiger partial charge in [0.1, 0.15) is 6.10 Å². The molecule has 0 bridgehead atoms. The van der Waals surface area contributed by atoms with Gasteiger partial charge in [0.05, 0.1) is 12.7 Å². The van der Waals surface area contributed by atoms with Crippen molar-refractivity contribution in [1.82, 2.24) is 10.2 Å². The van der Waals surface area contributed by atoms with E-state index in [1.165, 1.54) is 32.1 Å². The van der Waals surface area contributed by atoms with Gasteiger partial charge in [-0.2, -0.15) is 0 Å². The van der Waals surface area contributed by atoms with Gasteiger partial charge in [-0.3, -0.25) is 4.99 Å². The second-order valence-corrected chi connectivity index (χ2v) is 7.64. The lowest BCUT2D eigenvalue weighted by atomic mass is 9.83. The Hall–Kier alpha value is -0.810. The molecule has 0 aromatic carbocycles. The molecule has 3 aliphatic rings. The maximum Gasteiger partial charge on any atom is 0.194 e. The van der Waals surface area contributed by atoms with Crippen LogP contribution in [0.25, 0.3) is 0 Å². The van der Waals surface area contributed by atoms with Crippen LogP contribution in [0.5, 0.6) is 0 Å². The van der Waals surface area contributed by atoms with Gasteiger partial charge in [0.2, 0.25) is 0 Å². The SMILES string of the molecule is CCNC(=NCC1(CC)CCCC1)N1CCOC(C2CCCO2)C1. The zero-order valence-electron chi connectivity index (χ0n) is 15.6. The summed E-state index contributed by atoms with van der Waals surface area (Å²) in [6, 6.07) is 0. The largest absolute Gasteiger partial charge is 0.375 e. The summed E-state index contributed by atoms with van der Waals surface area (Å²) < 4.78 is 11.8. The Balaban J connectivity index is 1.64. The van der Waals surface area contributed by atoms with Crippen LogP contribution in [0, 0.1) is 5.41 Å². The zero-order valence-corrected chi connectivity index (χ0v) is 15.6. The lowest BCUT2D eigenvalue weighted by Crippen LogP contribution is -2.53. The number of aliphatic imine (C=N–C) groups is 1.